The maximum absolute atomic E-state index is 12.1. The Morgan fingerprint density at radius 2 is 2.10 bits per heavy atom. The number of nitrogens with one attached hydrogen (secondary N) is 1. The third-order valence-corrected chi connectivity index (χ3v) is 4.85. The predicted octanol–water partition coefficient (Wildman–Crippen LogP) is 1.32. The van der Waals surface area contributed by atoms with E-state index in [4.69, 9.17) is 4.74 Å². The van der Waals surface area contributed by atoms with Crippen molar-refractivity contribution in [3.8, 4) is 0 Å². The highest BCUT2D eigenvalue weighted by molar-refractivity contribution is 7.89. The van der Waals surface area contributed by atoms with E-state index in [1.165, 1.54) is 31.4 Å². The second-order valence-corrected chi connectivity index (χ2v) is 6.60. The van der Waals surface area contributed by atoms with E-state index in [-0.39, 0.29) is 11.0 Å². The standard InChI is InChI=1S/C14H19NO5S/c1-19-14(16)11-4-6-13(7-5-11)21(17,18)15-9-8-12-3-2-10-20-12/h4-7,12,15H,2-3,8-10H2,1H3. The number of sulfonamides is 1. The van der Waals surface area contributed by atoms with E-state index in [0.29, 0.717) is 18.5 Å². The zero-order chi connectivity index (χ0) is 15.3. The topological polar surface area (TPSA) is 81.7 Å². The molecule has 1 aromatic carbocycles. The number of rotatable bonds is 6. The van der Waals surface area contributed by atoms with Gasteiger partial charge in [-0.05, 0) is 43.5 Å². The quantitative estimate of drug-likeness (QED) is 0.801. The molecule has 21 heavy (non-hydrogen) atoms. The lowest BCUT2D eigenvalue weighted by atomic mass is 10.2. The Balaban J connectivity index is 1.93. The summed E-state index contributed by atoms with van der Waals surface area (Å²) in [5.41, 5.74) is 0.316. The van der Waals surface area contributed by atoms with Crippen molar-refractivity contribution in [3.63, 3.8) is 0 Å². The molecule has 1 aliphatic heterocycles. The molecule has 1 fully saturated rings. The lowest BCUT2D eigenvalue weighted by molar-refractivity contribution is 0.0600. The molecule has 6 nitrogen and oxygen atoms in total. The highest BCUT2D eigenvalue weighted by atomic mass is 32.2. The Kier molecular flexibility index (Phi) is 5.33. The highest BCUT2D eigenvalue weighted by Gasteiger charge is 2.18. The summed E-state index contributed by atoms with van der Waals surface area (Å²) in [4.78, 5) is 11.4. The molecule has 1 unspecified atom stereocenters. The van der Waals surface area contributed by atoms with Crippen molar-refractivity contribution in [2.24, 2.45) is 0 Å². The fourth-order valence-electron chi connectivity index (χ4n) is 2.20. The monoisotopic (exact) mass is 313 g/mol. The van der Waals surface area contributed by atoms with E-state index >= 15 is 0 Å². The van der Waals surface area contributed by atoms with Gasteiger partial charge in [-0.25, -0.2) is 17.9 Å². The third-order valence-electron chi connectivity index (χ3n) is 3.37. The lowest BCUT2D eigenvalue weighted by Gasteiger charge is -2.10. The van der Waals surface area contributed by atoms with E-state index in [0.717, 1.165) is 19.4 Å². The molecule has 0 radical (unpaired) electrons. The Morgan fingerprint density at radius 1 is 1.38 bits per heavy atom. The smallest absolute Gasteiger partial charge is 0.337 e. The van der Waals surface area contributed by atoms with Crippen molar-refractivity contribution in [3.05, 3.63) is 29.8 Å². The molecule has 0 aliphatic carbocycles. The van der Waals surface area contributed by atoms with E-state index in [9.17, 15) is 13.2 Å². The van der Waals surface area contributed by atoms with Gasteiger partial charge >= 0.3 is 5.97 Å². The molecule has 1 aliphatic rings. The maximum atomic E-state index is 12.1. The maximum Gasteiger partial charge on any atom is 0.337 e. The normalized spacial score (nSPS) is 18.6. The van der Waals surface area contributed by atoms with Crippen LogP contribution in [-0.4, -0.2) is 40.8 Å². The van der Waals surface area contributed by atoms with Crippen molar-refractivity contribution < 1.29 is 22.7 Å². The van der Waals surface area contributed by atoms with Crippen LogP contribution < -0.4 is 4.72 Å². The fraction of sp³-hybridized carbons (Fsp3) is 0.500. The number of ether oxygens (including phenoxy) is 2. The van der Waals surface area contributed by atoms with Crippen LogP contribution in [0.25, 0.3) is 0 Å². The van der Waals surface area contributed by atoms with Crippen LogP contribution in [0.3, 0.4) is 0 Å². The van der Waals surface area contributed by atoms with E-state index in [1.54, 1.807) is 0 Å². The summed E-state index contributed by atoms with van der Waals surface area (Å²) >= 11 is 0. The molecule has 1 aromatic rings. The first-order chi connectivity index (χ1) is 10.0. The van der Waals surface area contributed by atoms with E-state index in [1.807, 2.05) is 0 Å². The number of carbonyl (C=O) groups excluding carboxylic acids is 1. The molecular weight excluding hydrogens is 294 g/mol. The van der Waals surface area contributed by atoms with E-state index < -0.39 is 16.0 Å². The number of hydrogen-bond acceptors (Lipinski definition) is 5. The molecule has 1 saturated heterocycles. The summed E-state index contributed by atoms with van der Waals surface area (Å²) in [6, 6.07) is 5.64. The van der Waals surface area contributed by atoms with Gasteiger partial charge in [0.15, 0.2) is 0 Å². The molecule has 0 bridgehead atoms. The summed E-state index contributed by atoms with van der Waals surface area (Å²) in [7, 11) is -2.28. The first-order valence-electron chi connectivity index (χ1n) is 6.82. The van der Waals surface area contributed by atoms with Gasteiger partial charge in [0.05, 0.1) is 23.7 Å². The molecule has 0 amide bonds. The molecule has 0 spiro atoms. The Morgan fingerprint density at radius 3 is 2.67 bits per heavy atom. The number of benzene rings is 1. The average Bonchev–Trinajstić information content (AvgIpc) is 2.99. The average molecular weight is 313 g/mol. The minimum Gasteiger partial charge on any atom is -0.465 e. The minimum absolute atomic E-state index is 0.127. The number of methoxy groups -OCH3 is 1. The number of hydrogen-bond donors (Lipinski definition) is 1. The number of esters is 1. The minimum atomic E-state index is -3.56. The Hall–Kier alpha value is -1.44. The van der Waals surface area contributed by atoms with Gasteiger partial charge in [-0.1, -0.05) is 0 Å². The Bertz CT molecular complexity index is 576. The van der Waals surface area contributed by atoms with Crippen LogP contribution in [0.2, 0.25) is 0 Å². The summed E-state index contributed by atoms with van der Waals surface area (Å²) in [5.74, 6) is -0.495. The summed E-state index contributed by atoms with van der Waals surface area (Å²) < 4.78 is 36.7. The molecule has 116 valence electrons. The van der Waals surface area contributed by atoms with Crippen molar-refractivity contribution in [1.29, 1.82) is 0 Å². The van der Waals surface area contributed by atoms with Crippen LogP contribution in [0, 0.1) is 0 Å². The molecule has 1 N–H and O–H groups in total. The second kappa shape index (κ2) is 7.02. The van der Waals surface area contributed by atoms with Crippen LogP contribution in [0.15, 0.2) is 29.2 Å². The molecule has 1 atom stereocenters. The zero-order valence-electron chi connectivity index (χ0n) is 11.9. The fourth-order valence-corrected chi connectivity index (χ4v) is 3.25. The molecule has 7 heteroatoms. The van der Waals surface area contributed by atoms with Crippen LogP contribution in [0.1, 0.15) is 29.6 Å². The van der Waals surface area contributed by atoms with Gasteiger partial charge in [-0.2, -0.15) is 0 Å². The lowest BCUT2D eigenvalue weighted by Crippen LogP contribution is -2.27. The first-order valence-corrected chi connectivity index (χ1v) is 8.31. The number of carbonyl (C=O) groups is 1. The van der Waals surface area contributed by atoms with Crippen LogP contribution in [0.5, 0.6) is 0 Å². The predicted molar refractivity (Wildman–Crippen MR) is 76.6 cm³/mol. The van der Waals surface area contributed by atoms with Crippen LogP contribution in [-0.2, 0) is 19.5 Å². The molecule has 2 rings (SSSR count). The van der Waals surface area contributed by atoms with Crippen molar-refractivity contribution in [2.45, 2.75) is 30.3 Å². The Labute approximate surface area is 124 Å². The van der Waals surface area contributed by atoms with Crippen molar-refractivity contribution >= 4 is 16.0 Å². The van der Waals surface area contributed by atoms with Gasteiger partial charge in [0, 0.05) is 13.2 Å². The van der Waals surface area contributed by atoms with E-state index in [2.05, 4.69) is 9.46 Å². The second-order valence-electron chi connectivity index (χ2n) is 4.84. The van der Waals surface area contributed by atoms with Crippen LogP contribution in [0.4, 0.5) is 0 Å². The van der Waals surface area contributed by atoms with Gasteiger partial charge in [-0.3, -0.25) is 0 Å². The third kappa shape index (κ3) is 4.26. The van der Waals surface area contributed by atoms with Gasteiger partial charge in [0.1, 0.15) is 0 Å². The summed E-state index contributed by atoms with van der Waals surface area (Å²) in [6.45, 7) is 1.10. The zero-order valence-corrected chi connectivity index (χ0v) is 12.7. The SMILES string of the molecule is COC(=O)c1ccc(S(=O)(=O)NCCC2CCCO2)cc1. The van der Waals surface area contributed by atoms with Crippen molar-refractivity contribution in [1.82, 2.24) is 4.72 Å². The largest absolute Gasteiger partial charge is 0.465 e. The molecule has 0 saturated carbocycles. The molecular formula is C14H19NO5S. The van der Waals surface area contributed by atoms with Gasteiger partial charge in [0.25, 0.3) is 0 Å². The van der Waals surface area contributed by atoms with Gasteiger partial charge < -0.3 is 9.47 Å². The molecule has 0 aromatic heterocycles. The van der Waals surface area contributed by atoms with Crippen molar-refractivity contribution in [2.75, 3.05) is 20.3 Å². The van der Waals surface area contributed by atoms with Gasteiger partial charge in [-0.15, -0.1) is 0 Å². The van der Waals surface area contributed by atoms with Crippen LogP contribution >= 0.6 is 0 Å². The molecule has 1 heterocycles. The highest BCUT2D eigenvalue weighted by Crippen LogP contribution is 2.15. The summed E-state index contributed by atoms with van der Waals surface area (Å²) in [5, 5.41) is 0. The summed E-state index contributed by atoms with van der Waals surface area (Å²) in [6.07, 6.45) is 2.83. The van der Waals surface area contributed by atoms with Gasteiger partial charge in [0.2, 0.25) is 10.0 Å². The first kappa shape index (κ1) is 15.9.